The number of rotatable bonds is 8. The van der Waals surface area contributed by atoms with Gasteiger partial charge in [-0.15, -0.1) is 0 Å². The van der Waals surface area contributed by atoms with Crippen molar-refractivity contribution in [1.82, 2.24) is 25.1 Å². The van der Waals surface area contributed by atoms with E-state index in [1.54, 1.807) is 0 Å². The van der Waals surface area contributed by atoms with Crippen molar-refractivity contribution < 1.29 is 4.79 Å². The van der Waals surface area contributed by atoms with Crippen molar-refractivity contribution in [2.45, 2.75) is 56.9 Å². The van der Waals surface area contributed by atoms with Crippen LogP contribution in [0.5, 0.6) is 0 Å². The summed E-state index contributed by atoms with van der Waals surface area (Å²) in [6, 6.07) is 8.60. The summed E-state index contributed by atoms with van der Waals surface area (Å²) >= 11 is 0. The predicted molar refractivity (Wildman–Crippen MR) is 127 cm³/mol. The molecule has 2 fully saturated rings. The van der Waals surface area contributed by atoms with Crippen LogP contribution in [0, 0.1) is 6.92 Å². The summed E-state index contributed by atoms with van der Waals surface area (Å²) in [5.41, 5.74) is 10.5. The van der Waals surface area contributed by atoms with Gasteiger partial charge in [0.05, 0.1) is 23.3 Å². The fourth-order valence-corrected chi connectivity index (χ4v) is 4.82. The Kier molecular flexibility index (Phi) is 5.85. The van der Waals surface area contributed by atoms with Crippen molar-refractivity contribution in [2.75, 3.05) is 18.4 Å². The number of aryl methyl sites for hydroxylation is 3. The Morgan fingerprint density at radius 3 is 2.76 bits per heavy atom. The molecule has 33 heavy (non-hydrogen) atoms. The Balaban J connectivity index is 1.29. The Morgan fingerprint density at radius 1 is 1.21 bits per heavy atom. The summed E-state index contributed by atoms with van der Waals surface area (Å²) in [7, 11) is 0. The molecular formula is C25H31N7O. The maximum absolute atomic E-state index is 12.1. The number of nitrogens with two attached hydrogens (primary N) is 1. The highest BCUT2D eigenvalue weighted by atomic mass is 16.1. The lowest BCUT2D eigenvalue weighted by Crippen LogP contribution is -2.29. The zero-order chi connectivity index (χ0) is 22.8. The second-order valence-corrected chi connectivity index (χ2v) is 9.24. The first-order chi connectivity index (χ1) is 16.0. The molecule has 3 heterocycles. The number of nitrogens with one attached hydrogen (secondary N) is 2. The number of piperidine rings is 1. The first-order valence-electron chi connectivity index (χ1n) is 11.8. The molecule has 172 valence electrons. The number of primary amides is 1. The Morgan fingerprint density at radius 2 is 2.00 bits per heavy atom. The van der Waals surface area contributed by atoms with Crippen molar-refractivity contribution in [3.05, 3.63) is 65.2 Å². The van der Waals surface area contributed by atoms with Crippen LogP contribution >= 0.6 is 0 Å². The highest BCUT2D eigenvalue weighted by Crippen LogP contribution is 2.49. The summed E-state index contributed by atoms with van der Waals surface area (Å²) in [6.45, 7) is 4.09. The third-order valence-corrected chi connectivity index (χ3v) is 7.00. The molecule has 2 aromatic heterocycles. The molecule has 3 aromatic rings. The van der Waals surface area contributed by atoms with Crippen LogP contribution in [0.1, 0.15) is 54.1 Å². The van der Waals surface area contributed by atoms with Crippen molar-refractivity contribution in [2.24, 2.45) is 5.73 Å². The lowest BCUT2D eigenvalue weighted by molar-refractivity contribution is -0.120. The minimum atomic E-state index is -0.474. The second kappa shape index (κ2) is 8.94. The Bertz CT molecular complexity index is 1150. The van der Waals surface area contributed by atoms with E-state index in [2.05, 4.69) is 26.8 Å². The summed E-state index contributed by atoms with van der Waals surface area (Å²) in [6.07, 6.45) is 11.2. The molecule has 0 atom stereocenters. The number of hydrogen-bond donors (Lipinski definition) is 3. The summed E-state index contributed by atoms with van der Waals surface area (Å²) in [5.74, 6) is 0.356. The van der Waals surface area contributed by atoms with Gasteiger partial charge in [-0.05, 0) is 75.2 Å². The predicted octanol–water partition coefficient (Wildman–Crippen LogP) is 2.95. The normalized spacial score (nSPS) is 17.6. The van der Waals surface area contributed by atoms with E-state index in [9.17, 15) is 4.79 Å². The Labute approximate surface area is 194 Å². The standard InChI is InChI=1S/C25H31N7O/c1-17-14-28-24(30-19-15-29-32(16-19)20-8-12-27-13-9-20)31-22(17)7-6-18-4-2-3-5-21(18)25(10-11-25)23(26)33/h2-5,14-16,20,27H,6-13H2,1H3,(H2,26,33)(H,28,30,31). The van der Waals surface area contributed by atoms with E-state index in [0.29, 0.717) is 12.0 Å². The van der Waals surface area contributed by atoms with Gasteiger partial charge in [0, 0.05) is 18.1 Å². The van der Waals surface area contributed by atoms with Gasteiger partial charge in [-0.1, -0.05) is 24.3 Å². The molecule has 1 aliphatic heterocycles. The van der Waals surface area contributed by atoms with E-state index < -0.39 is 5.41 Å². The van der Waals surface area contributed by atoms with Gasteiger partial charge in [0.1, 0.15) is 0 Å². The van der Waals surface area contributed by atoms with E-state index in [-0.39, 0.29) is 5.91 Å². The number of nitrogens with zero attached hydrogens (tertiary/aromatic N) is 4. The van der Waals surface area contributed by atoms with E-state index >= 15 is 0 Å². The van der Waals surface area contributed by atoms with E-state index in [4.69, 9.17) is 10.7 Å². The van der Waals surface area contributed by atoms with Crippen LogP contribution in [-0.4, -0.2) is 38.7 Å². The highest BCUT2D eigenvalue weighted by molar-refractivity contribution is 5.90. The van der Waals surface area contributed by atoms with Gasteiger partial charge in [0.25, 0.3) is 0 Å². The molecule has 1 saturated heterocycles. The number of aromatic nitrogens is 4. The smallest absolute Gasteiger partial charge is 0.228 e. The molecule has 0 bridgehead atoms. The SMILES string of the molecule is Cc1cnc(Nc2cnn(C3CCNCC3)c2)nc1CCc1ccccc1C1(C(N)=O)CC1. The van der Waals surface area contributed by atoms with Gasteiger partial charge >= 0.3 is 0 Å². The van der Waals surface area contributed by atoms with Gasteiger partial charge in [0.15, 0.2) is 0 Å². The molecule has 1 aromatic carbocycles. The van der Waals surface area contributed by atoms with Crippen LogP contribution in [0.15, 0.2) is 42.9 Å². The van der Waals surface area contributed by atoms with Gasteiger partial charge in [0.2, 0.25) is 11.9 Å². The largest absolute Gasteiger partial charge is 0.369 e. The van der Waals surface area contributed by atoms with Crippen LogP contribution in [-0.2, 0) is 23.1 Å². The van der Waals surface area contributed by atoms with Crippen LogP contribution in [0.3, 0.4) is 0 Å². The molecule has 0 unspecified atom stereocenters. The van der Waals surface area contributed by atoms with E-state index in [1.165, 1.54) is 5.56 Å². The van der Waals surface area contributed by atoms with Crippen molar-refractivity contribution in [3.8, 4) is 0 Å². The minimum Gasteiger partial charge on any atom is -0.369 e. The minimum absolute atomic E-state index is 0.218. The first kappa shape index (κ1) is 21.6. The molecule has 2 aliphatic rings. The van der Waals surface area contributed by atoms with Crippen LogP contribution in [0.2, 0.25) is 0 Å². The van der Waals surface area contributed by atoms with Gasteiger partial charge in [-0.25, -0.2) is 9.97 Å². The summed E-state index contributed by atoms with van der Waals surface area (Å²) in [4.78, 5) is 21.3. The molecule has 1 amide bonds. The molecule has 0 spiro atoms. The molecule has 1 saturated carbocycles. The molecular weight excluding hydrogens is 414 g/mol. The van der Waals surface area contributed by atoms with Crippen molar-refractivity contribution in [3.63, 3.8) is 0 Å². The number of amides is 1. The van der Waals surface area contributed by atoms with Gasteiger partial charge < -0.3 is 16.4 Å². The first-order valence-corrected chi connectivity index (χ1v) is 11.8. The molecule has 5 rings (SSSR count). The maximum Gasteiger partial charge on any atom is 0.228 e. The van der Waals surface area contributed by atoms with Crippen LogP contribution in [0.4, 0.5) is 11.6 Å². The summed E-state index contributed by atoms with van der Waals surface area (Å²) < 4.78 is 2.04. The van der Waals surface area contributed by atoms with E-state index in [0.717, 1.165) is 74.1 Å². The van der Waals surface area contributed by atoms with Gasteiger partial charge in [-0.2, -0.15) is 5.10 Å². The molecule has 8 heteroatoms. The number of anilines is 2. The topological polar surface area (TPSA) is 111 Å². The molecule has 4 N–H and O–H groups in total. The average Bonchev–Trinajstić information content (AvgIpc) is 3.53. The zero-order valence-electron chi connectivity index (χ0n) is 19.1. The number of carbonyl (C=O) groups excluding carboxylic acids is 1. The van der Waals surface area contributed by atoms with Crippen LogP contribution in [0.25, 0.3) is 0 Å². The monoisotopic (exact) mass is 445 g/mol. The summed E-state index contributed by atoms with van der Waals surface area (Å²) in [5, 5.41) is 11.2. The van der Waals surface area contributed by atoms with Crippen molar-refractivity contribution >= 4 is 17.5 Å². The highest BCUT2D eigenvalue weighted by Gasteiger charge is 2.50. The number of hydrogen-bond acceptors (Lipinski definition) is 6. The molecule has 8 nitrogen and oxygen atoms in total. The van der Waals surface area contributed by atoms with Crippen molar-refractivity contribution in [1.29, 1.82) is 0 Å². The zero-order valence-corrected chi connectivity index (χ0v) is 19.1. The van der Waals surface area contributed by atoms with E-state index in [1.807, 2.05) is 48.4 Å². The van der Waals surface area contributed by atoms with Crippen LogP contribution < -0.4 is 16.4 Å². The second-order valence-electron chi connectivity index (χ2n) is 9.24. The fraction of sp³-hybridized carbons (Fsp3) is 0.440. The van der Waals surface area contributed by atoms with Gasteiger partial charge in [-0.3, -0.25) is 9.48 Å². The number of benzene rings is 1. The third kappa shape index (κ3) is 4.48. The number of carbonyl (C=O) groups is 1. The Hall–Kier alpha value is -3.26. The lowest BCUT2D eigenvalue weighted by Gasteiger charge is -2.22. The lowest BCUT2D eigenvalue weighted by atomic mass is 9.88. The maximum atomic E-state index is 12.1. The molecule has 1 aliphatic carbocycles. The molecule has 0 radical (unpaired) electrons. The quantitative estimate of drug-likeness (QED) is 0.492. The fourth-order valence-electron chi connectivity index (χ4n) is 4.82. The average molecular weight is 446 g/mol. The third-order valence-electron chi connectivity index (χ3n) is 7.00.